The molecule has 7 nitrogen and oxygen atoms in total. The van der Waals surface area contributed by atoms with Crippen molar-refractivity contribution in [2.24, 2.45) is 7.05 Å². The molecule has 0 unspecified atom stereocenters. The first-order chi connectivity index (χ1) is 11.0. The van der Waals surface area contributed by atoms with E-state index in [1.165, 1.54) is 12.3 Å². The number of alkyl halides is 1. The lowest BCUT2D eigenvalue weighted by atomic mass is 10.2. The van der Waals surface area contributed by atoms with Crippen LogP contribution in [0.1, 0.15) is 22.6 Å². The SMILES string of the molecule is CN(C[C@@H]1C[C@H](F)CN1Cc1ccnn1C)C(=O)c1ccon1. The largest absolute Gasteiger partial charge is 0.364 e. The summed E-state index contributed by atoms with van der Waals surface area (Å²) >= 11 is 0. The highest BCUT2D eigenvalue weighted by Gasteiger charge is 2.34. The number of halogens is 1. The summed E-state index contributed by atoms with van der Waals surface area (Å²) in [5, 5.41) is 7.79. The first-order valence-electron chi connectivity index (χ1n) is 7.55. The number of hydrogen-bond donors (Lipinski definition) is 0. The van der Waals surface area contributed by atoms with Crippen LogP contribution < -0.4 is 0 Å². The van der Waals surface area contributed by atoms with Crippen molar-refractivity contribution < 1.29 is 13.7 Å². The van der Waals surface area contributed by atoms with Crippen molar-refractivity contribution in [2.45, 2.75) is 25.2 Å². The first kappa shape index (κ1) is 15.7. The van der Waals surface area contributed by atoms with Crippen molar-refractivity contribution in [3.63, 3.8) is 0 Å². The lowest BCUT2D eigenvalue weighted by Gasteiger charge is -2.28. The third-order valence-corrected chi connectivity index (χ3v) is 4.25. The Morgan fingerprint density at radius 1 is 1.52 bits per heavy atom. The molecule has 0 saturated carbocycles. The van der Waals surface area contributed by atoms with Crippen LogP contribution in [0, 0.1) is 0 Å². The molecule has 1 amide bonds. The number of amides is 1. The van der Waals surface area contributed by atoms with Gasteiger partial charge in [0.2, 0.25) is 0 Å². The first-order valence-corrected chi connectivity index (χ1v) is 7.55. The van der Waals surface area contributed by atoms with Crippen LogP contribution in [0.5, 0.6) is 0 Å². The van der Waals surface area contributed by atoms with Crippen LogP contribution in [0.3, 0.4) is 0 Å². The zero-order chi connectivity index (χ0) is 16.4. The van der Waals surface area contributed by atoms with Crippen LogP contribution in [-0.4, -0.2) is 63.0 Å². The predicted molar refractivity (Wildman–Crippen MR) is 80.4 cm³/mol. The summed E-state index contributed by atoms with van der Waals surface area (Å²) in [5.74, 6) is -0.221. The molecule has 1 aliphatic rings. The Hall–Kier alpha value is -2.22. The molecular weight excluding hydrogens is 301 g/mol. The van der Waals surface area contributed by atoms with Crippen LogP contribution in [0.15, 0.2) is 29.1 Å². The van der Waals surface area contributed by atoms with E-state index in [1.807, 2.05) is 13.1 Å². The second-order valence-electron chi connectivity index (χ2n) is 5.93. The molecule has 3 rings (SSSR count). The van der Waals surface area contributed by atoms with Gasteiger partial charge in [-0.2, -0.15) is 5.10 Å². The number of nitrogens with zero attached hydrogens (tertiary/aromatic N) is 5. The van der Waals surface area contributed by atoms with Gasteiger partial charge in [-0.1, -0.05) is 5.16 Å². The number of carbonyl (C=O) groups is 1. The normalized spacial score (nSPS) is 21.7. The number of aromatic nitrogens is 3. The monoisotopic (exact) mass is 321 g/mol. The molecule has 1 saturated heterocycles. The van der Waals surface area contributed by atoms with Gasteiger partial charge in [-0.25, -0.2) is 4.39 Å². The third kappa shape index (κ3) is 3.42. The van der Waals surface area contributed by atoms with E-state index in [2.05, 4.69) is 15.2 Å². The van der Waals surface area contributed by atoms with Gasteiger partial charge < -0.3 is 9.42 Å². The number of likely N-dealkylation sites (N-methyl/N-ethyl adjacent to an activating group) is 1. The summed E-state index contributed by atoms with van der Waals surface area (Å²) in [6.45, 7) is 1.44. The second-order valence-corrected chi connectivity index (χ2v) is 5.93. The van der Waals surface area contributed by atoms with Gasteiger partial charge >= 0.3 is 0 Å². The fourth-order valence-corrected chi connectivity index (χ4v) is 2.99. The van der Waals surface area contributed by atoms with Gasteiger partial charge in [0, 0.05) is 52.0 Å². The van der Waals surface area contributed by atoms with E-state index in [0.717, 1.165) is 5.69 Å². The summed E-state index contributed by atoms with van der Waals surface area (Å²) in [6, 6.07) is 3.42. The van der Waals surface area contributed by atoms with Crippen LogP contribution in [-0.2, 0) is 13.6 Å². The van der Waals surface area contributed by atoms with Gasteiger partial charge in [0.05, 0.1) is 5.69 Å². The second kappa shape index (κ2) is 6.49. The number of carbonyl (C=O) groups excluding carboxylic acids is 1. The maximum absolute atomic E-state index is 13.9. The molecule has 2 aromatic heterocycles. The highest BCUT2D eigenvalue weighted by atomic mass is 19.1. The van der Waals surface area contributed by atoms with Gasteiger partial charge in [-0.15, -0.1) is 0 Å². The number of likely N-dealkylation sites (tertiary alicyclic amines) is 1. The molecule has 124 valence electrons. The summed E-state index contributed by atoms with van der Waals surface area (Å²) < 4.78 is 20.4. The fraction of sp³-hybridized carbons (Fsp3) is 0.533. The molecule has 0 aliphatic carbocycles. The topological polar surface area (TPSA) is 67.4 Å². The van der Waals surface area contributed by atoms with E-state index in [1.54, 1.807) is 22.8 Å². The molecule has 2 atom stereocenters. The molecule has 8 heteroatoms. The van der Waals surface area contributed by atoms with Crippen molar-refractivity contribution in [2.75, 3.05) is 20.1 Å². The molecule has 2 aromatic rings. The van der Waals surface area contributed by atoms with Gasteiger partial charge in [-0.3, -0.25) is 14.4 Å². The predicted octanol–water partition coefficient (Wildman–Crippen LogP) is 1.09. The minimum Gasteiger partial charge on any atom is -0.364 e. The number of hydrogen-bond acceptors (Lipinski definition) is 5. The molecular formula is C15H20FN5O2. The van der Waals surface area contributed by atoms with E-state index >= 15 is 0 Å². The van der Waals surface area contributed by atoms with Crippen LogP contribution in [0.4, 0.5) is 4.39 Å². The summed E-state index contributed by atoms with van der Waals surface area (Å²) in [7, 11) is 3.57. The Morgan fingerprint density at radius 3 is 3.00 bits per heavy atom. The highest BCUT2D eigenvalue weighted by Crippen LogP contribution is 2.23. The molecule has 1 fully saturated rings. The molecule has 0 bridgehead atoms. The minimum absolute atomic E-state index is 0.0271. The average Bonchev–Trinajstić information content (AvgIpc) is 3.23. The Labute approximate surface area is 133 Å². The van der Waals surface area contributed by atoms with Crippen molar-refractivity contribution in [3.8, 4) is 0 Å². The van der Waals surface area contributed by atoms with E-state index in [9.17, 15) is 9.18 Å². The Bertz CT molecular complexity index is 657. The zero-order valence-electron chi connectivity index (χ0n) is 13.2. The van der Waals surface area contributed by atoms with Crippen LogP contribution in [0.2, 0.25) is 0 Å². The standard InChI is InChI=1S/C15H20FN5O2/c1-19(15(22)14-4-6-23-18-14)9-13-7-11(16)8-21(13)10-12-3-5-17-20(12)2/h3-6,11,13H,7-10H2,1-2H3/t11-,13-/m0/s1. The quantitative estimate of drug-likeness (QED) is 0.825. The van der Waals surface area contributed by atoms with Crippen molar-refractivity contribution in [1.29, 1.82) is 0 Å². The molecule has 0 N–H and O–H groups in total. The zero-order valence-corrected chi connectivity index (χ0v) is 13.2. The van der Waals surface area contributed by atoms with Crippen LogP contribution in [0.25, 0.3) is 0 Å². The maximum atomic E-state index is 13.9. The maximum Gasteiger partial charge on any atom is 0.275 e. The Kier molecular flexibility index (Phi) is 4.42. The minimum atomic E-state index is -0.872. The third-order valence-electron chi connectivity index (χ3n) is 4.25. The van der Waals surface area contributed by atoms with Gasteiger partial charge in [0.25, 0.3) is 5.91 Å². The van der Waals surface area contributed by atoms with E-state index in [-0.39, 0.29) is 17.6 Å². The van der Waals surface area contributed by atoms with Gasteiger partial charge in [0.15, 0.2) is 5.69 Å². The summed E-state index contributed by atoms with van der Waals surface area (Å²) in [4.78, 5) is 15.9. The Morgan fingerprint density at radius 2 is 2.35 bits per heavy atom. The smallest absolute Gasteiger partial charge is 0.275 e. The van der Waals surface area contributed by atoms with Crippen molar-refractivity contribution in [3.05, 3.63) is 36.0 Å². The summed E-state index contributed by atoms with van der Waals surface area (Å²) in [6.07, 6.45) is 2.65. The average molecular weight is 321 g/mol. The molecule has 1 aliphatic heterocycles. The molecule has 0 radical (unpaired) electrons. The molecule has 0 spiro atoms. The fourth-order valence-electron chi connectivity index (χ4n) is 2.99. The van der Waals surface area contributed by atoms with E-state index < -0.39 is 6.17 Å². The van der Waals surface area contributed by atoms with Crippen LogP contribution >= 0.6 is 0 Å². The molecule has 3 heterocycles. The van der Waals surface area contributed by atoms with Crippen molar-refractivity contribution in [1.82, 2.24) is 24.7 Å². The highest BCUT2D eigenvalue weighted by molar-refractivity contribution is 5.91. The lowest BCUT2D eigenvalue weighted by Crippen LogP contribution is -2.41. The molecule has 23 heavy (non-hydrogen) atoms. The summed E-state index contributed by atoms with van der Waals surface area (Å²) in [5.41, 5.74) is 1.29. The Balaban J connectivity index is 1.65. The molecule has 0 aromatic carbocycles. The lowest BCUT2D eigenvalue weighted by molar-refractivity contribution is 0.0738. The van der Waals surface area contributed by atoms with E-state index in [0.29, 0.717) is 26.1 Å². The van der Waals surface area contributed by atoms with E-state index in [4.69, 9.17) is 4.52 Å². The number of aryl methyl sites for hydroxylation is 1. The van der Waals surface area contributed by atoms with Gasteiger partial charge in [-0.05, 0) is 12.5 Å². The van der Waals surface area contributed by atoms with Crippen molar-refractivity contribution >= 4 is 5.91 Å². The van der Waals surface area contributed by atoms with Gasteiger partial charge in [0.1, 0.15) is 12.4 Å². The number of rotatable bonds is 5.